The van der Waals surface area contributed by atoms with Gasteiger partial charge in [0.25, 0.3) is 11.8 Å². The molecule has 2 N–H and O–H groups in total. The van der Waals surface area contributed by atoms with Gasteiger partial charge in [0.1, 0.15) is 5.69 Å². The number of aromatic nitrogens is 1. The van der Waals surface area contributed by atoms with Gasteiger partial charge in [0.2, 0.25) is 0 Å². The van der Waals surface area contributed by atoms with Crippen molar-refractivity contribution < 1.29 is 9.59 Å². The number of amides is 2. The lowest BCUT2D eigenvalue weighted by molar-refractivity contribution is 0.0941. The Labute approximate surface area is 143 Å². The number of rotatable bonds is 4. The number of hydrogen-bond acceptors (Lipinski definition) is 4. The maximum atomic E-state index is 12.5. The molecule has 1 heterocycles. The molecule has 0 aliphatic rings. The van der Waals surface area contributed by atoms with Crippen molar-refractivity contribution in [2.75, 3.05) is 5.32 Å². The SMILES string of the molecule is CC(C)NC(=O)c1cccc(NC(=O)c2nsc3ccccc23)c1. The molecular formula is C18H17N3O2S. The fourth-order valence-electron chi connectivity index (χ4n) is 2.32. The van der Waals surface area contributed by atoms with E-state index in [9.17, 15) is 9.59 Å². The van der Waals surface area contributed by atoms with E-state index in [1.54, 1.807) is 24.3 Å². The molecule has 0 saturated heterocycles. The summed E-state index contributed by atoms with van der Waals surface area (Å²) in [5.41, 5.74) is 1.46. The first-order valence-electron chi connectivity index (χ1n) is 7.61. The molecule has 0 spiro atoms. The fraction of sp³-hybridized carbons (Fsp3) is 0.167. The van der Waals surface area contributed by atoms with Gasteiger partial charge >= 0.3 is 0 Å². The van der Waals surface area contributed by atoms with Gasteiger partial charge in [-0.2, -0.15) is 4.37 Å². The molecule has 2 aromatic carbocycles. The number of carbonyl (C=O) groups is 2. The van der Waals surface area contributed by atoms with Crippen LogP contribution in [0.15, 0.2) is 48.5 Å². The van der Waals surface area contributed by atoms with Gasteiger partial charge in [-0.15, -0.1) is 0 Å². The Bertz CT molecular complexity index is 902. The molecule has 3 aromatic rings. The average Bonchev–Trinajstić information content (AvgIpc) is 2.98. The van der Waals surface area contributed by atoms with Gasteiger partial charge in [-0.3, -0.25) is 9.59 Å². The first-order valence-corrected chi connectivity index (χ1v) is 8.38. The summed E-state index contributed by atoms with van der Waals surface area (Å²) in [7, 11) is 0. The van der Waals surface area contributed by atoms with Crippen molar-refractivity contribution in [2.24, 2.45) is 0 Å². The topological polar surface area (TPSA) is 71.1 Å². The number of carbonyl (C=O) groups excluding carboxylic acids is 2. The lowest BCUT2D eigenvalue weighted by atomic mass is 10.1. The number of nitrogens with zero attached hydrogens (tertiary/aromatic N) is 1. The van der Waals surface area contributed by atoms with Gasteiger partial charge in [0.05, 0.1) is 4.70 Å². The van der Waals surface area contributed by atoms with Crippen molar-refractivity contribution in [3.05, 3.63) is 59.8 Å². The Morgan fingerprint density at radius 2 is 1.83 bits per heavy atom. The van der Waals surface area contributed by atoms with Crippen LogP contribution in [0.3, 0.4) is 0 Å². The molecular weight excluding hydrogens is 322 g/mol. The number of nitrogens with one attached hydrogen (secondary N) is 2. The van der Waals surface area contributed by atoms with Gasteiger partial charge in [0, 0.05) is 22.7 Å². The molecule has 0 aliphatic carbocycles. The highest BCUT2D eigenvalue weighted by Gasteiger charge is 2.15. The molecule has 0 fully saturated rings. The predicted octanol–water partition coefficient (Wildman–Crippen LogP) is 3.69. The number of fused-ring (bicyclic) bond motifs is 1. The molecule has 1 aromatic heterocycles. The van der Waals surface area contributed by atoms with Gasteiger partial charge in [-0.25, -0.2) is 0 Å². The van der Waals surface area contributed by atoms with Crippen LogP contribution in [-0.2, 0) is 0 Å². The molecule has 0 unspecified atom stereocenters. The lowest BCUT2D eigenvalue weighted by Gasteiger charge is -2.10. The zero-order chi connectivity index (χ0) is 17.1. The van der Waals surface area contributed by atoms with Crippen molar-refractivity contribution in [2.45, 2.75) is 19.9 Å². The van der Waals surface area contributed by atoms with Gasteiger partial charge in [-0.1, -0.05) is 24.3 Å². The quantitative estimate of drug-likeness (QED) is 0.761. The number of hydrogen-bond donors (Lipinski definition) is 2. The second-order valence-corrected chi connectivity index (χ2v) is 6.50. The predicted molar refractivity (Wildman–Crippen MR) is 96.6 cm³/mol. The molecule has 0 saturated carbocycles. The summed E-state index contributed by atoms with van der Waals surface area (Å²) in [5, 5.41) is 6.47. The van der Waals surface area contributed by atoms with E-state index in [-0.39, 0.29) is 17.9 Å². The Morgan fingerprint density at radius 3 is 2.62 bits per heavy atom. The van der Waals surface area contributed by atoms with Crippen molar-refractivity contribution >= 4 is 39.1 Å². The molecule has 0 radical (unpaired) electrons. The minimum absolute atomic E-state index is 0.0529. The normalized spacial score (nSPS) is 10.8. The minimum atomic E-state index is -0.283. The van der Waals surface area contributed by atoms with E-state index >= 15 is 0 Å². The summed E-state index contributed by atoms with van der Waals surface area (Å²) in [5.74, 6) is -0.450. The first kappa shape index (κ1) is 16.1. The highest BCUT2D eigenvalue weighted by atomic mass is 32.1. The summed E-state index contributed by atoms with van der Waals surface area (Å²) in [4.78, 5) is 24.5. The summed E-state index contributed by atoms with van der Waals surface area (Å²) < 4.78 is 5.20. The molecule has 0 bridgehead atoms. The molecule has 0 aliphatic heterocycles. The Morgan fingerprint density at radius 1 is 1.04 bits per heavy atom. The monoisotopic (exact) mass is 339 g/mol. The van der Waals surface area contributed by atoms with Crippen LogP contribution in [0, 0.1) is 0 Å². The van der Waals surface area contributed by atoms with Crippen molar-refractivity contribution in [3.8, 4) is 0 Å². The van der Waals surface area contributed by atoms with E-state index in [1.807, 2.05) is 38.1 Å². The van der Waals surface area contributed by atoms with E-state index in [1.165, 1.54) is 11.5 Å². The van der Waals surface area contributed by atoms with Crippen LogP contribution >= 0.6 is 11.5 Å². The van der Waals surface area contributed by atoms with Crippen LogP contribution in [0.25, 0.3) is 10.1 Å². The summed E-state index contributed by atoms with van der Waals surface area (Å²) in [6.45, 7) is 3.80. The molecule has 0 atom stereocenters. The van der Waals surface area contributed by atoms with E-state index in [2.05, 4.69) is 15.0 Å². The summed E-state index contributed by atoms with van der Waals surface area (Å²) >= 11 is 1.29. The van der Waals surface area contributed by atoms with Crippen molar-refractivity contribution in [3.63, 3.8) is 0 Å². The molecule has 6 heteroatoms. The zero-order valence-corrected chi connectivity index (χ0v) is 14.2. The third-order valence-corrected chi connectivity index (χ3v) is 4.22. The Kier molecular flexibility index (Phi) is 4.57. The fourth-order valence-corrected chi connectivity index (χ4v) is 3.10. The van der Waals surface area contributed by atoms with Crippen LogP contribution in [0.4, 0.5) is 5.69 Å². The zero-order valence-electron chi connectivity index (χ0n) is 13.4. The third-order valence-electron chi connectivity index (χ3n) is 3.39. The van der Waals surface area contributed by atoms with Gasteiger partial charge < -0.3 is 10.6 Å². The minimum Gasteiger partial charge on any atom is -0.350 e. The third kappa shape index (κ3) is 3.44. The second-order valence-electron chi connectivity index (χ2n) is 5.69. The summed E-state index contributed by atoms with van der Waals surface area (Å²) in [6.07, 6.45) is 0. The largest absolute Gasteiger partial charge is 0.350 e. The van der Waals surface area contributed by atoms with E-state index in [4.69, 9.17) is 0 Å². The second kappa shape index (κ2) is 6.80. The molecule has 122 valence electrons. The van der Waals surface area contributed by atoms with E-state index < -0.39 is 0 Å². The van der Waals surface area contributed by atoms with Crippen LogP contribution in [0.5, 0.6) is 0 Å². The van der Waals surface area contributed by atoms with Crippen LogP contribution < -0.4 is 10.6 Å². The number of anilines is 1. The van der Waals surface area contributed by atoms with Crippen molar-refractivity contribution in [1.29, 1.82) is 0 Å². The maximum absolute atomic E-state index is 12.5. The van der Waals surface area contributed by atoms with Crippen LogP contribution in [-0.4, -0.2) is 22.2 Å². The summed E-state index contributed by atoms with van der Waals surface area (Å²) in [6, 6.07) is 14.5. The van der Waals surface area contributed by atoms with E-state index in [0.29, 0.717) is 16.9 Å². The standard InChI is InChI=1S/C18H17N3O2S/c1-11(2)19-17(22)12-6-5-7-13(10-12)20-18(23)16-14-8-3-4-9-15(14)24-21-16/h3-11H,1-2H3,(H,19,22)(H,20,23). The molecule has 3 rings (SSSR count). The van der Waals surface area contributed by atoms with Crippen molar-refractivity contribution in [1.82, 2.24) is 9.69 Å². The van der Waals surface area contributed by atoms with Crippen LogP contribution in [0.2, 0.25) is 0 Å². The van der Waals surface area contributed by atoms with Crippen LogP contribution in [0.1, 0.15) is 34.7 Å². The lowest BCUT2D eigenvalue weighted by Crippen LogP contribution is -2.30. The smallest absolute Gasteiger partial charge is 0.276 e. The molecule has 2 amide bonds. The highest BCUT2D eigenvalue weighted by Crippen LogP contribution is 2.23. The van der Waals surface area contributed by atoms with Gasteiger partial charge in [0.15, 0.2) is 0 Å². The molecule has 24 heavy (non-hydrogen) atoms. The Hall–Kier alpha value is -2.73. The molecule has 5 nitrogen and oxygen atoms in total. The number of benzene rings is 2. The first-order chi connectivity index (χ1) is 11.5. The van der Waals surface area contributed by atoms with Gasteiger partial charge in [-0.05, 0) is 49.6 Å². The maximum Gasteiger partial charge on any atom is 0.276 e. The Balaban J connectivity index is 1.81. The average molecular weight is 339 g/mol. The highest BCUT2D eigenvalue weighted by molar-refractivity contribution is 7.13. The van der Waals surface area contributed by atoms with E-state index in [0.717, 1.165) is 10.1 Å².